The number of nitriles is 1. The molecule has 1 saturated carbocycles. The van der Waals surface area contributed by atoms with Gasteiger partial charge in [-0.2, -0.15) is 23.5 Å². The second-order valence-corrected chi connectivity index (χ2v) is 19.6. The lowest BCUT2D eigenvalue weighted by atomic mass is 9.70. The van der Waals surface area contributed by atoms with Crippen LogP contribution in [0.25, 0.3) is 22.3 Å². The molecule has 2 aliphatic rings. The van der Waals surface area contributed by atoms with Crippen LogP contribution in [0.4, 0.5) is 13.2 Å². The third-order valence-corrected chi connectivity index (χ3v) is 11.1. The lowest BCUT2D eigenvalue weighted by Crippen LogP contribution is -2.60. The molecule has 4 aromatic heterocycles. The summed E-state index contributed by atoms with van der Waals surface area (Å²) in [6.07, 6.45) is 4.30. The van der Waals surface area contributed by atoms with Crippen LogP contribution in [-0.2, 0) is 23.2 Å². The Hall–Kier alpha value is -4.46. The summed E-state index contributed by atoms with van der Waals surface area (Å²) in [5, 5.41) is 15.3. The van der Waals surface area contributed by atoms with E-state index in [1.54, 1.807) is 6.20 Å². The van der Waals surface area contributed by atoms with Crippen LogP contribution >= 0.6 is 0 Å². The number of ether oxygens (including phenoxy) is 1. The molecule has 0 aromatic carbocycles. The van der Waals surface area contributed by atoms with Gasteiger partial charge in [-0.05, 0) is 37.1 Å². The highest BCUT2D eigenvalue weighted by Gasteiger charge is 2.49. The molecule has 0 N–H and O–H groups in total. The first-order valence-corrected chi connectivity index (χ1v) is 19.9. The fourth-order valence-corrected chi connectivity index (χ4v) is 7.30. The van der Waals surface area contributed by atoms with Gasteiger partial charge in [0.2, 0.25) is 0 Å². The van der Waals surface area contributed by atoms with Crippen molar-refractivity contribution in [2.45, 2.75) is 69.4 Å². The molecule has 5 heterocycles. The minimum atomic E-state index is -4.78. The number of amides is 1. The van der Waals surface area contributed by atoms with Crippen molar-refractivity contribution in [1.82, 2.24) is 39.1 Å². The number of aldehydes is 1. The average molecular weight is 694 g/mol. The number of hydrogen-bond acceptors (Lipinski definition) is 9. The molecule has 12 nitrogen and oxygen atoms in total. The Bertz CT molecular complexity index is 1880. The van der Waals surface area contributed by atoms with Crippen molar-refractivity contribution in [1.29, 1.82) is 5.26 Å². The van der Waals surface area contributed by atoms with Crippen LogP contribution < -0.4 is 0 Å². The Morgan fingerprint density at radius 2 is 1.92 bits per heavy atom. The summed E-state index contributed by atoms with van der Waals surface area (Å²) < 4.78 is 49.7. The number of fused-ring (bicyclic) bond motifs is 1. The summed E-state index contributed by atoms with van der Waals surface area (Å²) in [7, 11) is -1.19. The first-order chi connectivity index (χ1) is 23.3. The summed E-state index contributed by atoms with van der Waals surface area (Å²) in [5.41, 5.74) is -0.0962. The maximum absolute atomic E-state index is 13.3. The molecular formula is C33H38F3N9O3Si. The van der Waals surface area contributed by atoms with Crippen LogP contribution in [0.15, 0.2) is 43.1 Å². The van der Waals surface area contributed by atoms with Crippen molar-refractivity contribution in [3.63, 3.8) is 0 Å². The highest BCUT2D eigenvalue weighted by molar-refractivity contribution is 6.76. The van der Waals surface area contributed by atoms with Crippen molar-refractivity contribution >= 4 is 31.3 Å². The molecule has 1 aliphatic carbocycles. The molecule has 0 radical (unpaired) electrons. The SMILES string of the molecule is C[Si](C)(C)CCOCn1ccc2c(-c3cnn(C4(CC#N)CC(N5CCN(C(=O)c6cc(C=O)cc(C(F)(F)F)n6)CC5)C4)c3)ncnc21. The fourth-order valence-electron chi connectivity index (χ4n) is 6.55. The molecule has 2 fully saturated rings. The van der Waals surface area contributed by atoms with Crippen LogP contribution in [0.1, 0.15) is 45.8 Å². The maximum Gasteiger partial charge on any atom is 0.433 e. The number of hydrogen-bond donors (Lipinski definition) is 0. The van der Waals surface area contributed by atoms with E-state index in [0.717, 1.165) is 34.4 Å². The van der Waals surface area contributed by atoms with Crippen molar-refractivity contribution in [3.05, 3.63) is 60.1 Å². The zero-order chi connectivity index (χ0) is 35.0. The summed E-state index contributed by atoms with van der Waals surface area (Å²) in [4.78, 5) is 40.6. The number of alkyl halides is 3. The van der Waals surface area contributed by atoms with E-state index in [4.69, 9.17) is 4.74 Å². The van der Waals surface area contributed by atoms with Gasteiger partial charge in [0.25, 0.3) is 5.91 Å². The predicted molar refractivity (Wildman–Crippen MR) is 176 cm³/mol. The molecular weight excluding hydrogens is 656 g/mol. The third-order valence-electron chi connectivity index (χ3n) is 9.38. The van der Waals surface area contributed by atoms with Gasteiger partial charge >= 0.3 is 6.18 Å². The monoisotopic (exact) mass is 693 g/mol. The number of pyridine rings is 1. The fraction of sp³-hybridized carbons (Fsp3) is 0.485. The van der Waals surface area contributed by atoms with Gasteiger partial charge in [-0.3, -0.25) is 19.2 Å². The number of halogens is 3. The molecule has 1 amide bonds. The summed E-state index contributed by atoms with van der Waals surface area (Å²) >= 11 is 0. The Morgan fingerprint density at radius 1 is 1.16 bits per heavy atom. The van der Waals surface area contributed by atoms with Gasteiger partial charge in [0, 0.05) is 75.8 Å². The molecule has 6 rings (SSSR count). The van der Waals surface area contributed by atoms with Gasteiger partial charge in [0.05, 0.1) is 29.9 Å². The van der Waals surface area contributed by atoms with Crippen LogP contribution in [-0.4, -0.2) is 98.2 Å². The van der Waals surface area contributed by atoms with Crippen molar-refractivity contribution in [2.24, 2.45) is 0 Å². The molecule has 0 spiro atoms. The van der Waals surface area contributed by atoms with Crippen LogP contribution in [0.5, 0.6) is 0 Å². The standard InChI is InChI=1S/C33H38F3N9O3Si/c1-49(2,3)13-12-48-22-44-7-4-26-29(38-21-39-30(26)44)24-18-40-45(19-24)32(5-6-37)16-25(17-32)42-8-10-43(11-9-42)31(47)27-14-23(20-46)15-28(41-27)33(34,35)36/h4,7,14-15,18-21,25H,5,8-13,16-17,22H2,1-3H3. The number of carbonyl (C=O) groups is 2. The van der Waals surface area contributed by atoms with E-state index >= 15 is 0 Å². The number of aromatic nitrogens is 6. The van der Waals surface area contributed by atoms with Gasteiger partial charge in [0.1, 0.15) is 36.4 Å². The lowest BCUT2D eigenvalue weighted by molar-refractivity contribution is -0.141. The Balaban J connectivity index is 1.10. The average Bonchev–Trinajstić information content (AvgIpc) is 3.71. The predicted octanol–water partition coefficient (Wildman–Crippen LogP) is 5.06. The zero-order valence-corrected chi connectivity index (χ0v) is 28.7. The Labute approximate surface area is 282 Å². The highest BCUT2D eigenvalue weighted by Crippen LogP contribution is 2.45. The molecule has 0 atom stereocenters. The van der Waals surface area contributed by atoms with E-state index in [0.29, 0.717) is 58.4 Å². The summed E-state index contributed by atoms with van der Waals surface area (Å²) in [6, 6.07) is 7.25. The molecule has 1 saturated heterocycles. The molecule has 49 heavy (non-hydrogen) atoms. The first-order valence-electron chi connectivity index (χ1n) is 16.2. The van der Waals surface area contributed by atoms with E-state index in [9.17, 15) is 28.0 Å². The molecule has 0 bridgehead atoms. The summed E-state index contributed by atoms with van der Waals surface area (Å²) in [5.74, 6) is -0.644. The molecule has 258 valence electrons. The van der Waals surface area contributed by atoms with E-state index in [1.165, 1.54) is 11.2 Å². The normalized spacial score (nSPS) is 20.3. The van der Waals surface area contributed by atoms with E-state index in [-0.39, 0.29) is 24.3 Å². The highest BCUT2D eigenvalue weighted by atomic mass is 28.3. The number of rotatable bonds is 11. The molecule has 16 heteroatoms. The van der Waals surface area contributed by atoms with Crippen LogP contribution in [0.2, 0.25) is 25.7 Å². The van der Waals surface area contributed by atoms with Crippen molar-refractivity contribution < 1.29 is 27.5 Å². The van der Waals surface area contributed by atoms with E-state index in [2.05, 4.69) is 50.7 Å². The second kappa shape index (κ2) is 13.4. The minimum Gasteiger partial charge on any atom is -0.361 e. The van der Waals surface area contributed by atoms with Crippen molar-refractivity contribution in [3.8, 4) is 17.3 Å². The smallest absolute Gasteiger partial charge is 0.361 e. The van der Waals surface area contributed by atoms with Crippen LogP contribution in [0, 0.1) is 11.3 Å². The molecule has 4 aromatic rings. The number of carbonyl (C=O) groups excluding carboxylic acids is 2. The third kappa shape index (κ3) is 7.29. The van der Waals surface area contributed by atoms with Gasteiger partial charge in [0.15, 0.2) is 0 Å². The Morgan fingerprint density at radius 3 is 2.59 bits per heavy atom. The maximum atomic E-state index is 13.3. The lowest BCUT2D eigenvalue weighted by Gasteiger charge is -2.52. The van der Waals surface area contributed by atoms with Gasteiger partial charge in [-0.1, -0.05) is 19.6 Å². The van der Waals surface area contributed by atoms with Gasteiger partial charge in [-0.15, -0.1) is 0 Å². The van der Waals surface area contributed by atoms with E-state index in [1.807, 2.05) is 27.7 Å². The quantitative estimate of drug-likeness (QED) is 0.120. The minimum absolute atomic E-state index is 0.146. The molecule has 1 aliphatic heterocycles. The largest absolute Gasteiger partial charge is 0.433 e. The van der Waals surface area contributed by atoms with Crippen molar-refractivity contribution in [2.75, 3.05) is 32.8 Å². The molecule has 0 unspecified atom stereocenters. The van der Waals surface area contributed by atoms with Gasteiger partial charge < -0.3 is 14.2 Å². The topological polar surface area (TPSA) is 135 Å². The van der Waals surface area contributed by atoms with Crippen LogP contribution in [0.3, 0.4) is 0 Å². The zero-order valence-electron chi connectivity index (χ0n) is 27.7. The van der Waals surface area contributed by atoms with E-state index < -0.39 is 37.1 Å². The summed E-state index contributed by atoms with van der Waals surface area (Å²) in [6.45, 7) is 9.69. The van der Waals surface area contributed by atoms with Gasteiger partial charge in [-0.25, -0.2) is 15.0 Å². The second-order valence-electron chi connectivity index (χ2n) is 14.0. The number of piperazine rings is 1. The Kier molecular flexibility index (Phi) is 9.44. The number of nitrogens with zero attached hydrogens (tertiary/aromatic N) is 9. The first kappa shape index (κ1) is 34.4.